The molecule has 1 atom stereocenters. The lowest BCUT2D eigenvalue weighted by Crippen LogP contribution is -2.48. The van der Waals surface area contributed by atoms with Crippen molar-refractivity contribution < 1.29 is 5.11 Å². The van der Waals surface area contributed by atoms with Gasteiger partial charge in [0, 0.05) is 5.54 Å². The standard InChI is InChI=1S/C9H21NO/c1-7(11)6-8(2,3)9(4,5)10/h7,11H,6,10H2,1-5H3/t7-/m1/s1. The quantitative estimate of drug-likeness (QED) is 0.656. The first-order valence-electron chi connectivity index (χ1n) is 4.14. The van der Waals surface area contributed by atoms with Gasteiger partial charge in [0.15, 0.2) is 0 Å². The van der Waals surface area contributed by atoms with Crippen molar-refractivity contribution >= 4 is 0 Å². The van der Waals surface area contributed by atoms with Crippen LogP contribution in [-0.2, 0) is 0 Å². The molecule has 2 nitrogen and oxygen atoms in total. The molecule has 0 aromatic carbocycles. The highest BCUT2D eigenvalue weighted by atomic mass is 16.3. The van der Waals surface area contributed by atoms with Crippen LogP contribution < -0.4 is 5.73 Å². The van der Waals surface area contributed by atoms with Gasteiger partial charge in [0.25, 0.3) is 0 Å². The van der Waals surface area contributed by atoms with Crippen molar-refractivity contribution in [2.75, 3.05) is 0 Å². The van der Waals surface area contributed by atoms with Crippen LogP contribution in [0.3, 0.4) is 0 Å². The molecule has 0 unspecified atom stereocenters. The van der Waals surface area contributed by atoms with Crippen LogP contribution in [0.1, 0.15) is 41.0 Å². The van der Waals surface area contributed by atoms with Crippen molar-refractivity contribution in [2.45, 2.75) is 52.7 Å². The lowest BCUT2D eigenvalue weighted by molar-refractivity contribution is 0.0870. The van der Waals surface area contributed by atoms with E-state index in [9.17, 15) is 5.11 Å². The molecule has 68 valence electrons. The van der Waals surface area contributed by atoms with E-state index in [4.69, 9.17) is 5.73 Å². The second kappa shape index (κ2) is 3.11. The maximum absolute atomic E-state index is 9.20. The number of hydrogen-bond acceptors (Lipinski definition) is 2. The van der Waals surface area contributed by atoms with E-state index < -0.39 is 0 Å². The van der Waals surface area contributed by atoms with Crippen LogP contribution in [-0.4, -0.2) is 16.7 Å². The highest BCUT2D eigenvalue weighted by Gasteiger charge is 2.33. The summed E-state index contributed by atoms with van der Waals surface area (Å²) >= 11 is 0. The number of rotatable bonds is 3. The van der Waals surface area contributed by atoms with Gasteiger partial charge in [-0.25, -0.2) is 0 Å². The molecule has 0 aromatic heterocycles. The van der Waals surface area contributed by atoms with E-state index in [-0.39, 0.29) is 17.1 Å². The predicted octanol–water partition coefficient (Wildman–Crippen LogP) is 1.52. The Bertz CT molecular complexity index is 122. The summed E-state index contributed by atoms with van der Waals surface area (Å²) in [5, 5.41) is 9.20. The average Bonchev–Trinajstić information content (AvgIpc) is 1.56. The van der Waals surface area contributed by atoms with Crippen molar-refractivity contribution in [1.29, 1.82) is 0 Å². The van der Waals surface area contributed by atoms with Crippen molar-refractivity contribution in [3.63, 3.8) is 0 Å². The summed E-state index contributed by atoms with van der Waals surface area (Å²) in [6.45, 7) is 9.96. The Morgan fingerprint density at radius 1 is 1.27 bits per heavy atom. The third kappa shape index (κ3) is 3.21. The number of aliphatic hydroxyl groups is 1. The molecule has 0 bridgehead atoms. The summed E-state index contributed by atoms with van der Waals surface area (Å²) in [4.78, 5) is 0. The van der Waals surface area contributed by atoms with Gasteiger partial charge >= 0.3 is 0 Å². The molecular weight excluding hydrogens is 138 g/mol. The van der Waals surface area contributed by atoms with E-state index in [0.717, 1.165) is 6.42 Å². The van der Waals surface area contributed by atoms with Crippen LogP contribution in [0, 0.1) is 5.41 Å². The molecule has 0 amide bonds. The second-order valence-corrected chi connectivity index (χ2v) is 4.66. The van der Waals surface area contributed by atoms with Gasteiger partial charge in [-0.15, -0.1) is 0 Å². The zero-order valence-corrected chi connectivity index (χ0v) is 8.31. The van der Waals surface area contributed by atoms with E-state index in [1.54, 1.807) is 6.92 Å². The van der Waals surface area contributed by atoms with Crippen molar-refractivity contribution in [2.24, 2.45) is 11.1 Å². The van der Waals surface area contributed by atoms with E-state index >= 15 is 0 Å². The fourth-order valence-corrected chi connectivity index (χ4v) is 1.00. The molecule has 0 aliphatic carbocycles. The minimum atomic E-state index is -0.271. The molecule has 0 aromatic rings. The van der Waals surface area contributed by atoms with E-state index in [2.05, 4.69) is 13.8 Å². The van der Waals surface area contributed by atoms with Crippen LogP contribution in [0.4, 0.5) is 0 Å². The molecule has 3 N–H and O–H groups in total. The van der Waals surface area contributed by atoms with Gasteiger partial charge in [0.1, 0.15) is 0 Å². The Labute approximate surface area is 69.8 Å². The molecule has 0 spiro atoms. The smallest absolute Gasteiger partial charge is 0.0517 e. The van der Waals surface area contributed by atoms with Crippen LogP contribution in [0.5, 0.6) is 0 Å². The van der Waals surface area contributed by atoms with Gasteiger partial charge in [-0.2, -0.15) is 0 Å². The van der Waals surface area contributed by atoms with Gasteiger partial charge in [-0.05, 0) is 32.6 Å². The molecule has 11 heavy (non-hydrogen) atoms. The maximum atomic E-state index is 9.20. The Morgan fingerprint density at radius 2 is 1.64 bits per heavy atom. The maximum Gasteiger partial charge on any atom is 0.0517 e. The molecule has 0 aliphatic heterocycles. The molecular formula is C9H21NO. The van der Waals surface area contributed by atoms with Crippen molar-refractivity contribution in [3.8, 4) is 0 Å². The molecule has 0 rings (SSSR count). The van der Waals surface area contributed by atoms with E-state index in [1.807, 2.05) is 13.8 Å². The van der Waals surface area contributed by atoms with Crippen LogP contribution >= 0.6 is 0 Å². The van der Waals surface area contributed by atoms with Crippen LogP contribution in [0.15, 0.2) is 0 Å². The lowest BCUT2D eigenvalue weighted by atomic mass is 9.72. The fourth-order valence-electron chi connectivity index (χ4n) is 1.00. The molecule has 0 aliphatic rings. The van der Waals surface area contributed by atoms with E-state index in [0.29, 0.717) is 0 Å². The van der Waals surface area contributed by atoms with E-state index in [1.165, 1.54) is 0 Å². The summed E-state index contributed by atoms with van der Waals surface area (Å²) in [6, 6.07) is 0. The minimum Gasteiger partial charge on any atom is -0.393 e. The predicted molar refractivity (Wildman–Crippen MR) is 48.3 cm³/mol. The Balaban J connectivity index is 4.22. The summed E-state index contributed by atoms with van der Waals surface area (Å²) < 4.78 is 0. The van der Waals surface area contributed by atoms with Crippen molar-refractivity contribution in [3.05, 3.63) is 0 Å². The monoisotopic (exact) mass is 159 g/mol. The highest BCUT2D eigenvalue weighted by molar-refractivity contribution is 4.90. The number of hydrogen-bond donors (Lipinski definition) is 2. The molecule has 0 saturated heterocycles. The van der Waals surface area contributed by atoms with Gasteiger partial charge in [0.05, 0.1) is 6.10 Å². The average molecular weight is 159 g/mol. The normalized spacial score (nSPS) is 16.6. The van der Waals surface area contributed by atoms with Gasteiger partial charge < -0.3 is 10.8 Å². The lowest BCUT2D eigenvalue weighted by Gasteiger charge is -2.39. The van der Waals surface area contributed by atoms with Crippen LogP contribution in [0.25, 0.3) is 0 Å². The molecule has 0 heterocycles. The third-order valence-corrected chi connectivity index (χ3v) is 2.55. The third-order valence-electron chi connectivity index (χ3n) is 2.55. The SMILES string of the molecule is C[C@@H](O)CC(C)(C)C(C)(C)N. The summed E-state index contributed by atoms with van der Waals surface area (Å²) in [6.07, 6.45) is 0.476. The first-order valence-corrected chi connectivity index (χ1v) is 4.14. The topological polar surface area (TPSA) is 46.2 Å². The van der Waals surface area contributed by atoms with Gasteiger partial charge in [-0.1, -0.05) is 13.8 Å². The summed E-state index contributed by atoms with van der Waals surface area (Å²) in [7, 11) is 0. The number of aliphatic hydroxyl groups excluding tert-OH is 1. The minimum absolute atomic E-state index is 0.0127. The first-order chi connectivity index (χ1) is 4.67. The zero-order valence-electron chi connectivity index (χ0n) is 8.31. The second-order valence-electron chi connectivity index (χ2n) is 4.66. The zero-order chi connectivity index (χ0) is 9.28. The highest BCUT2D eigenvalue weighted by Crippen LogP contribution is 2.32. The number of nitrogens with two attached hydrogens (primary N) is 1. The molecule has 0 saturated carbocycles. The molecule has 0 radical (unpaired) electrons. The van der Waals surface area contributed by atoms with Crippen molar-refractivity contribution in [1.82, 2.24) is 0 Å². The Kier molecular flexibility index (Phi) is 3.09. The van der Waals surface area contributed by atoms with Gasteiger partial charge in [0.2, 0.25) is 0 Å². The van der Waals surface area contributed by atoms with Gasteiger partial charge in [-0.3, -0.25) is 0 Å². The fraction of sp³-hybridized carbons (Fsp3) is 1.00. The molecule has 0 fully saturated rings. The summed E-state index contributed by atoms with van der Waals surface area (Å²) in [5.41, 5.74) is 5.71. The molecule has 2 heteroatoms. The largest absolute Gasteiger partial charge is 0.393 e. The Hall–Kier alpha value is -0.0800. The first kappa shape index (κ1) is 10.9. The summed E-state index contributed by atoms with van der Waals surface area (Å²) in [5.74, 6) is 0. The Morgan fingerprint density at radius 3 is 1.73 bits per heavy atom. The van der Waals surface area contributed by atoms with Crippen LogP contribution in [0.2, 0.25) is 0 Å².